The topological polar surface area (TPSA) is 30.5 Å². The minimum Gasteiger partial charge on any atom is -0.380 e. The molecule has 0 bridgehead atoms. The molecule has 0 aromatic rings. The van der Waals surface area contributed by atoms with Crippen LogP contribution in [0.4, 0.5) is 0 Å². The van der Waals surface area contributed by atoms with Gasteiger partial charge in [0.1, 0.15) is 0 Å². The first kappa shape index (κ1) is 11.0. The van der Waals surface area contributed by atoms with Gasteiger partial charge in [-0.3, -0.25) is 0 Å². The van der Waals surface area contributed by atoms with Crippen molar-refractivity contribution in [1.82, 2.24) is 5.32 Å². The van der Waals surface area contributed by atoms with Crippen molar-refractivity contribution in [3.05, 3.63) is 0 Å². The molecule has 1 heterocycles. The number of hydrogen-bond acceptors (Lipinski definition) is 3. The van der Waals surface area contributed by atoms with Gasteiger partial charge in [0.25, 0.3) is 0 Å². The van der Waals surface area contributed by atoms with Crippen molar-refractivity contribution < 1.29 is 9.47 Å². The third-order valence-electron chi connectivity index (χ3n) is 2.48. The molecule has 0 amide bonds. The molecule has 1 aliphatic rings. The third kappa shape index (κ3) is 4.60. The molecule has 2 unspecified atom stereocenters. The molecule has 1 saturated heterocycles. The van der Waals surface area contributed by atoms with Gasteiger partial charge in [-0.2, -0.15) is 0 Å². The van der Waals surface area contributed by atoms with Crippen LogP contribution in [0.1, 0.15) is 26.2 Å². The Morgan fingerprint density at radius 1 is 1.54 bits per heavy atom. The van der Waals surface area contributed by atoms with Gasteiger partial charge < -0.3 is 14.8 Å². The number of nitrogens with one attached hydrogen (secondary N) is 1. The molecule has 78 valence electrons. The molecule has 0 aromatic heterocycles. The maximum atomic E-state index is 5.59. The van der Waals surface area contributed by atoms with Crippen molar-refractivity contribution in [2.24, 2.45) is 0 Å². The number of methoxy groups -OCH3 is 1. The van der Waals surface area contributed by atoms with E-state index in [4.69, 9.17) is 9.47 Å². The fraction of sp³-hybridized carbons (Fsp3) is 1.00. The SMILES string of the molecule is COC(C)CNCC1CCCCO1. The molecule has 3 heteroatoms. The lowest BCUT2D eigenvalue weighted by atomic mass is 10.1. The first-order valence-corrected chi connectivity index (χ1v) is 5.18. The summed E-state index contributed by atoms with van der Waals surface area (Å²) >= 11 is 0. The van der Waals surface area contributed by atoms with Crippen LogP contribution in [-0.2, 0) is 9.47 Å². The summed E-state index contributed by atoms with van der Waals surface area (Å²) in [6.07, 6.45) is 4.47. The van der Waals surface area contributed by atoms with Crippen LogP contribution in [0.3, 0.4) is 0 Å². The summed E-state index contributed by atoms with van der Waals surface area (Å²) in [5, 5.41) is 3.36. The first-order chi connectivity index (χ1) is 6.33. The van der Waals surface area contributed by atoms with Gasteiger partial charge in [-0.1, -0.05) is 0 Å². The van der Waals surface area contributed by atoms with Crippen LogP contribution in [0.2, 0.25) is 0 Å². The highest BCUT2D eigenvalue weighted by Crippen LogP contribution is 2.11. The molecule has 3 nitrogen and oxygen atoms in total. The average Bonchev–Trinajstić information content (AvgIpc) is 2.19. The summed E-state index contributed by atoms with van der Waals surface area (Å²) in [4.78, 5) is 0. The standard InChI is InChI=1S/C10H21NO2/c1-9(12-2)7-11-8-10-5-3-4-6-13-10/h9-11H,3-8H2,1-2H3. The zero-order valence-electron chi connectivity index (χ0n) is 8.71. The van der Waals surface area contributed by atoms with E-state index in [0.717, 1.165) is 19.7 Å². The number of ether oxygens (including phenoxy) is 2. The van der Waals surface area contributed by atoms with E-state index in [1.54, 1.807) is 7.11 Å². The van der Waals surface area contributed by atoms with Crippen LogP contribution in [0.25, 0.3) is 0 Å². The van der Waals surface area contributed by atoms with Gasteiger partial charge in [0.15, 0.2) is 0 Å². The molecule has 0 radical (unpaired) electrons. The molecular weight excluding hydrogens is 166 g/mol. The van der Waals surface area contributed by atoms with E-state index < -0.39 is 0 Å². The van der Waals surface area contributed by atoms with Crippen LogP contribution in [0.15, 0.2) is 0 Å². The minimum absolute atomic E-state index is 0.295. The fourth-order valence-electron chi connectivity index (χ4n) is 1.50. The zero-order valence-corrected chi connectivity index (χ0v) is 8.71. The van der Waals surface area contributed by atoms with Crippen LogP contribution in [0, 0.1) is 0 Å². The Kier molecular flexibility index (Phi) is 5.35. The highest BCUT2D eigenvalue weighted by atomic mass is 16.5. The Morgan fingerprint density at radius 3 is 3.00 bits per heavy atom. The van der Waals surface area contributed by atoms with Crippen molar-refractivity contribution in [2.75, 3.05) is 26.8 Å². The minimum atomic E-state index is 0.295. The Morgan fingerprint density at radius 2 is 2.38 bits per heavy atom. The smallest absolute Gasteiger partial charge is 0.0699 e. The van der Waals surface area contributed by atoms with Crippen molar-refractivity contribution >= 4 is 0 Å². The zero-order chi connectivity index (χ0) is 9.52. The second-order valence-electron chi connectivity index (χ2n) is 3.69. The maximum Gasteiger partial charge on any atom is 0.0699 e. The summed E-state index contributed by atoms with van der Waals surface area (Å²) in [5.74, 6) is 0. The molecular formula is C10H21NO2. The number of rotatable bonds is 5. The summed E-state index contributed by atoms with van der Waals surface area (Å²) in [6.45, 7) is 4.88. The molecule has 13 heavy (non-hydrogen) atoms. The normalized spacial score (nSPS) is 25.8. The average molecular weight is 187 g/mol. The van der Waals surface area contributed by atoms with Crippen molar-refractivity contribution in [1.29, 1.82) is 0 Å². The van der Waals surface area contributed by atoms with E-state index in [1.807, 2.05) is 0 Å². The van der Waals surface area contributed by atoms with Crippen LogP contribution in [-0.4, -0.2) is 39.0 Å². The van der Waals surface area contributed by atoms with Gasteiger partial charge in [-0.25, -0.2) is 0 Å². The van der Waals surface area contributed by atoms with Crippen molar-refractivity contribution in [3.8, 4) is 0 Å². The monoisotopic (exact) mass is 187 g/mol. The predicted octanol–water partition coefficient (Wildman–Crippen LogP) is 1.18. The summed E-state index contributed by atoms with van der Waals surface area (Å²) < 4.78 is 10.7. The maximum absolute atomic E-state index is 5.59. The summed E-state index contributed by atoms with van der Waals surface area (Å²) in [5.41, 5.74) is 0. The highest BCUT2D eigenvalue weighted by molar-refractivity contribution is 4.67. The molecule has 2 atom stereocenters. The van der Waals surface area contributed by atoms with Gasteiger partial charge in [-0.15, -0.1) is 0 Å². The van der Waals surface area contributed by atoms with E-state index in [-0.39, 0.29) is 0 Å². The van der Waals surface area contributed by atoms with Crippen molar-refractivity contribution in [2.45, 2.75) is 38.4 Å². The number of hydrogen-bond donors (Lipinski definition) is 1. The predicted molar refractivity (Wildman–Crippen MR) is 52.9 cm³/mol. The lowest BCUT2D eigenvalue weighted by molar-refractivity contribution is 0.0145. The Labute approximate surface area is 80.8 Å². The molecule has 1 N–H and O–H groups in total. The third-order valence-corrected chi connectivity index (χ3v) is 2.48. The molecule has 1 aliphatic heterocycles. The van der Waals surface area contributed by atoms with E-state index >= 15 is 0 Å². The highest BCUT2D eigenvalue weighted by Gasteiger charge is 2.13. The molecule has 0 aliphatic carbocycles. The van der Waals surface area contributed by atoms with Crippen LogP contribution in [0.5, 0.6) is 0 Å². The molecule has 1 fully saturated rings. The van der Waals surface area contributed by atoms with Gasteiger partial charge in [0.2, 0.25) is 0 Å². The fourth-order valence-corrected chi connectivity index (χ4v) is 1.50. The lowest BCUT2D eigenvalue weighted by Gasteiger charge is -2.23. The molecule has 0 saturated carbocycles. The Hall–Kier alpha value is -0.120. The van der Waals surface area contributed by atoms with E-state index in [2.05, 4.69) is 12.2 Å². The largest absolute Gasteiger partial charge is 0.380 e. The quantitative estimate of drug-likeness (QED) is 0.701. The molecule has 1 rings (SSSR count). The summed E-state index contributed by atoms with van der Waals surface area (Å²) in [6, 6.07) is 0. The van der Waals surface area contributed by atoms with Gasteiger partial charge in [-0.05, 0) is 26.2 Å². The van der Waals surface area contributed by atoms with Crippen LogP contribution >= 0.6 is 0 Å². The van der Waals surface area contributed by atoms with Crippen LogP contribution < -0.4 is 5.32 Å². The van der Waals surface area contributed by atoms with Gasteiger partial charge >= 0.3 is 0 Å². The van der Waals surface area contributed by atoms with Crippen molar-refractivity contribution in [3.63, 3.8) is 0 Å². The van der Waals surface area contributed by atoms with E-state index in [9.17, 15) is 0 Å². The molecule has 0 spiro atoms. The Bertz CT molecular complexity index is 124. The molecule has 0 aromatic carbocycles. The second-order valence-corrected chi connectivity index (χ2v) is 3.69. The first-order valence-electron chi connectivity index (χ1n) is 5.18. The van der Waals surface area contributed by atoms with E-state index in [1.165, 1.54) is 19.3 Å². The second kappa shape index (κ2) is 6.35. The Balaban J connectivity index is 1.98. The van der Waals surface area contributed by atoms with E-state index in [0.29, 0.717) is 12.2 Å². The lowest BCUT2D eigenvalue weighted by Crippen LogP contribution is -2.35. The van der Waals surface area contributed by atoms with Gasteiger partial charge in [0, 0.05) is 26.8 Å². The van der Waals surface area contributed by atoms with Gasteiger partial charge in [0.05, 0.1) is 12.2 Å². The summed E-state index contributed by atoms with van der Waals surface area (Å²) in [7, 11) is 1.74.